The predicted octanol–water partition coefficient (Wildman–Crippen LogP) is 6.79. The number of methoxy groups -OCH3 is 2. The lowest BCUT2D eigenvalue weighted by atomic mass is 9.72. The molecule has 4 rings (SSSR count). The SMILES string of the molecule is COc1ccc([C@](CCCCO)(CCOC(C)(C)C)C2=N[C@H](c3ccccc3)[C@@H](c3ccccc3)N2)cc1OC. The Morgan fingerprint density at radius 2 is 1.45 bits per heavy atom. The van der Waals surface area contributed by atoms with Crippen LogP contribution in [0.15, 0.2) is 83.9 Å². The van der Waals surface area contributed by atoms with E-state index in [2.05, 4.69) is 86.8 Å². The number of unbranched alkanes of at least 4 members (excludes halogenated alkanes) is 1. The van der Waals surface area contributed by atoms with Gasteiger partial charge < -0.3 is 24.6 Å². The van der Waals surface area contributed by atoms with Crippen LogP contribution in [0.5, 0.6) is 11.5 Å². The maximum absolute atomic E-state index is 9.71. The van der Waals surface area contributed by atoms with Crippen LogP contribution in [0.1, 0.15) is 75.2 Å². The van der Waals surface area contributed by atoms with Crippen molar-refractivity contribution in [2.45, 2.75) is 69.6 Å². The van der Waals surface area contributed by atoms with E-state index in [1.807, 2.05) is 18.2 Å². The Hall–Kier alpha value is -3.35. The highest BCUT2D eigenvalue weighted by atomic mass is 16.5. The van der Waals surface area contributed by atoms with Gasteiger partial charge in [0.1, 0.15) is 11.9 Å². The first-order valence-electron chi connectivity index (χ1n) is 14.2. The molecule has 1 heterocycles. The summed E-state index contributed by atoms with van der Waals surface area (Å²) >= 11 is 0. The van der Waals surface area contributed by atoms with Crippen LogP contribution in [0.2, 0.25) is 0 Å². The van der Waals surface area contributed by atoms with Crippen molar-refractivity contribution in [3.8, 4) is 11.5 Å². The molecule has 2 N–H and O–H groups in total. The maximum atomic E-state index is 9.71. The quantitative estimate of drug-likeness (QED) is 0.232. The number of benzene rings is 3. The second-order valence-corrected chi connectivity index (χ2v) is 11.4. The van der Waals surface area contributed by atoms with Crippen LogP contribution in [-0.4, -0.2) is 44.0 Å². The first kappa shape index (κ1) is 29.6. The fourth-order valence-corrected chi connectivity index (χ4v) is 5.57. The minimum absolute atomic E-state index is 0.0144. The highest BCUT2D eigenvalue weighted by Gasteiger charge is 2.44. The van der Waals surface area contributed by atoms with Crippen LogP contribution < -0.4 is 14.8 Å². The van der Waals surface area contributed by atoms with Gasteiger partial charge in [0.05, 0.1) is 31.3 Å². The van der Waals surface area contributed by atoms with Crippen molar-refractivity contribution in [3.05, 3.63) is 95.6 Å². The van der Waals surface area contributed by atoms with Crippen molar-refractivity contribution in [1.29, 1.82) is 0 Å². The Kier molecular flexibility index (Phi) is 9.88. The van der Waals surface area contributed by atoms with Gasteiger partial charge in [-0.1, -0.05) is 66.7 Å². The molecule has 1 aliphatic heterocycles. The van der Waals surface area contributed by atoms with Crippen molar-refractivity contribution in [2.75, 3.05) is 27.4 Å². The van der Waals surface area contributed by atoms with Crippen LogP contribution in [-0.2, 0) is 10.2 Å². The normalized spacial score (nSPS) is 18.5. The summed E-state index contributed by atoms with van der Waals surface area (Å²) in [5.41, 5.74) is 2.70. The van der Waals surface area contributed by atoms with Crippen molar-refractivity contribution in [3.63, 3.8) is 0 Å². The van der Waals surface area contributed by atoms with Crippen molar-refractivity contribution in [1.82, 2.24) is 5.32 Å². The minimum Gasteiger partial charge on any atom is -0.493 e. The van der Waals surface area contributed by atoms with Gasteiger partial charge in [-0.05, 0) is 75.3 Å². The molecule has 6 heteroatoms. The fraction of sp³-hybridized carbons (Fsp3) is 0.441. The van der Waals surface area contributed by atoms with Crippen LogP contribution in [0.4, 0.5) is 0 Å². The van der Waals surface area contributed by atoms with E-state index in [9.17, 15) is 5.11 Å². The standard InChI is InChI=1S/C34H44N2O4/c1-33(2,3)40-23-21-34(20-12-13-22-37,27-18-19-28(38-4)29(24-27)39-5)32-35-30(25-14-8-6-9-15-25)31(36-32)26-16-10-7-11-17-26/h6-11,14-19,24,30-31,37H,12-13,20-23H2,1-5H3,(H,35,36)/t30-,31-,34+/m1/s1. The Morgan fingerprint density at radius 1 is 0.800 bits per heavy atom. The number of nitrogens with zero attached hydrogens (tertiary/aromatic N) is 1. The number of nitrogens with one attached hydrogen (secondary N) is 1. The van der Waals surface area contributed by atoms with Gasteiger partial charge in [-0.3, -0.25) is 4.99 Å². The lowest BCUT2D eigenvalue weighted by Crippen LogP contribution is -2.44. The zero-order valence-electron chi connectivity index (χ0n) is 24.5. The number of aliphatic imine (C=N–C) groups is 1. The molecule has 40 heavy (non-hydrogen) atoms. The van der Waals surface area contributed by atoms with Crippen molar-refractivity contribution in [2.24, 2.45) is 4.99 Å². The topological polar surface area (TPSA) is 72.3 Å². The van der Waals surface area contributed by atoms with E-state index in [0.717, 1.165) is 30.7 Å². The molecule has 3 aromatic rings. The molecule has 0 saturated heterocycles. The molecule has 0 fully saturated rings. The molecule has 0 spiro atoms. The molecule has 0 bridgehead atoms. The lowest BCUT2D eigenvalue weighted by Gasteiger charge is -2.37. The molecule has 3 atom stereocenters. The van der Waals surface area contributed by atoms with Gasteiger partial charge in [0.15, 0.2) is 11.5 Å². The van der Waals surface area contributed by atoms with E-state index in [1.54, 1.807) is 14.2 Å². The number of amidine groups is 1. The summed E-state index contributed by atoms with van der Waals surface area (Å²) in [5, 5.41) is 13.6. The molecule has 0 aliphatic carbocycles. The zero-order valence-corrected chi connectivity index (χ0v) is 24.5. The molecular weight excluding hydrogens is 500 g/mol. The number of aliphatic hydroxyl groups excluding tert-OH is 1. The summed E-state index contributed by atoms with van der Waals surface area (Å²) in [5.74, 6) is 2.31. The van der Waals surface area contributed by atoms with Gasteiger partial charge in [-0.15, -0.1) is 0 Å². The Balaban J connectivity index is 1.87. The van der Waals surface area contributed by atoms with E-state index >= 15 is 0 Å². The summed E-state index contributed by atoms with van der Waals surface area (Å²) in [6, 6.07) is 27.1. The minimum atomic E-state index is -0.490. The molecule has 1 aliphatic rings. The predicted molar refractivity (Wildman–Crippen MR) is 161 cm³/mol. The molecule has 0 aromatic heterocycles. The summed E-state index contributed by atoms with van der Waals surface area (Å²) in [6.07, 6.45) is 3.07. The third kappa shape index (κ3) is 6.86. The van der Waals surface area contributed by atoms with Crippen molar-refractivity contribution >= 4 is 5.84 Å². The van der Waals surface area contributed by atoms with Crippen LogP contribution in [0.3, 0.4) is 0 Å². The third-order valence-corrected chi connectivity index (χ3v) is 7.64. The smallest absolute Gasteiger partial charge is 0.161 e. The summed E-state index contributed by atoms with van der Waals surface area (Å²) in [7, 11) is 3.32. The number of aliphatic hydroxyl groups is 1. The average Bonchev–Trinajstić information content (AvgIpc) is 3.42. The first-order valence-corrected chi connectivity index (χ1v) is 14.2. The van der Waals surface area contributed by atoms with E-state index in [4.69, 9.17) is 19.2 Å². The van der Waals surface area contributed by atoms with Crippen LogP contribution in [0.25, 0.3) is 0 Å². The van der Waals surface area contributed by atoms with Gasteiger partial charge in [0, 0.05) is 13.2 Å². The van der Waals surface area contributed by atoms with Crippen molar-refractivity contribution < 1.29 is 19.3 Å². The van der Waals surface area contributed by atoms with E-state index in [1.165, 1.54) is 11.1 Å². The van der Waals surface area contributed by atoms with Crippen LogP contribution >= 0.6 is 0 Å². The monoisotopic (exact) mass is 544 g/mol. The summed E-state index contributed by atoms with van der Waals surface area (Å²) in [4.78, 5) is 5.47. The third-order valence-electron chi connectivity index (χ3n) is 7.64. The maximum Gasteiger partial charge on any atom is 0.161 e. The molecule has 0 radical (unpaired) electrons. The van der Waals surface area contributed by atoms with Crippen LogP contribution in [0, 0.1) is 0 Å². The number of ether oxygens (including phenoxy) is 3. The van der Waals surface area contributed by atoms with E-state index < -0.39 is 5.41 Å². The van der Waals surface area contributed by atoms with E-state index in [-0.39, 0.29) is 24.3 Å². The number of hydrogen-bond acceptors (Lipinski definition) is 6. The highest BCUT2D eigenvalue weighted by molar-refractivity contribution is 5.95. The number of hydrogen-bond donors (Lipinski definition) is 2. The average molecular weight is 545 g/mol. The summed E-state index contributed by atoms with van der Waals surface area (Å²) in [6.45, 7) is 6.96. The van der Waals surface area contributed by atoms with Gasteiger partial charge in [0.2, 0.25) is 0 Å². The zero-order chi connectivity index (χ0) is 28.6. The second kappa shape index (κ2) is 13.3. The molecule has 6 nitrogen and oxygen atoms in total. The molecule has 0 unspecified atom stereocenters. The largest absolute Gasteiger partial charge is 0.493 e. The Bertz CT molecular complexity index is 1240. The number of rotatable bonds is 13. The molecule has 0 saturated carbocycles. The van der Waals surface area contributed by atoms with Gasteiger partial charge in [-0.25, -0.2) is 0 Å². The van der Waals surface area contributed by atoms with Gasteiger partial charge in [0.25, 0.3) is 0 Å². The Labute approximate surface area is 239 Å². The highest BCUT2D eigenvalue weighted by Crippen LogP contribution is 2.45. The lowest BCUT2D eigenvalue weighted by molar-refractivity contribution is -0.00917. The van der Waals surface area contributed by atoms with Gasteiger partial charge in [-0.2, -0.15) is 0 Å². The molecule has 0 amide bonds. The van der Waals surface area contributed by atoms with E-state index in [0.29, 0.717) is 24.5 Å². The summed E-state index contributed by atoms with van der Waals surface area (Å²) < 4.78 is 17.6. The molecule has 214 valence electrons. The fourth-order valence-electron chi connectivity index (χ4n) is 5.57. The Morgan fingerprint density at radius 3 is 2.05 bits per heavy atom. The van der Waals surface area contributed by atoms with Gasteiger partial charge >= 0.3 is 0 Å². The molecule has 3 aromatic carbocycles. The second-order valence-electron chi connectivity index (χ2n) is 11.4. The molecular formula is C34H44N2O4. The first-order chi connectivity index (χ1) is 19.3.